The van der Waals surface area contributed by atoms with Crippen LogP contribution in [0, 0.1) is 5.41 Å². The number of benzene rings is 1. The first-order valence-corrected chi connectivity index (χ1v) is 12.6. The number of likely N-dealkylation sites (tertiary alicyclic amines) is 2. The summed E-state index contributed by atoms with van der Waals surface area (Å²) < 4.78 is 0. The summed E-state index contributed by atoms with van der Waals surface area (Å²) in [5.41, 5.74) is 3.02. The molecule has 0 spiro atoms. The van der Waals surface area contributed by atoms with E-state index in [-0.39, 0.29) is 11.8 Å². The van der Waals surface area contributed by atoms with Gasteiger partial charge in [-0.2, -0.15) is 0 Å². The number of carbonyl (C=O) groups excluding carboxylic acids is 2. The molecule has 2 aliphatic heterocycles. The molecule has 1 atom stereocenters. The predicted molar refractivity (Wildman–Crippen MR) is 135 cm³/mol. The summed E-state index contributed by atoms with van der Waals surface area (Å²) in [6.07, 6.45) is 4.45. The number of pyridine rings is 1. The molecule has 2 amide bonds. The third kappa shape index (κ3) is 5.84. The fourth-order valence-corrected chi connectivity index (χ4v) is 5.39. The zero-order valence-corrected chi connectivity index (χ0v) is 20.9. The average molecular weight is 463 g/mol. The molecule has 2 saturated heterocycles. The molecule has 4 rings (SSSR count). The maximum absolute atomic E-state index is 13.5. The minimum Gasteiger partial charge on any atom is -0.342 e. The van der Waals surface area contributed by atoms with Gasteiger partial charge in [-0.05, 0) is 64.4 Å². The van der Waals surface area contributed by atoms with Gasteiger partial charge in [0.05, 0.1) is 12.0 Å². The van der Waals surface area contributed by atoms with Crippen molar-refractivity contribution < 1.29 is 9.59 Å². The highest BCUT2D eigenvalue weighted by Gasteiger charge is 2.42. The summed E-state index contributed by atoms with van der Waals surface area (Å²) in [6.45, 7) is 5.24. The molecule has 0 bridgehead atoms. The van der Waals surface area contributed by atoms with E-state index in [4.69, 9.17) is 4.98 Å². The zero-order valence-electron chi connectivity index (χ0n) is 20.9. The maximum atomic E-state index is 13.5. The van der Waals surface area contributed by atoms with E-state index in [0.29, 0.717) is 19.0 Å². The van der Waals surface area contributed by atoms with Gasteiger partial charge in [-0.1, -0.05) is 36.4 Å². The van der Waals surface area contributed by atoms with Gasteiger partial charge in [-0.3, -0.25) is 14.6 Å². The fourth-order valence-electron chi connectivity index (χ4n) is 5.39. The number of hydrogen-bond donors (Lipinski definition) is 0. The van der Waals surface area contributed by atoms with Crippen LogP contribution in [0.4, 0.5) is 0 Å². The molecule has 1 aromatic carbocycles. The highest BCUT2D eigenvalue weighted by atomic mass is 16.2. The number of nitrogens with zero attached hydrogens (tertiary/aromatic N) is 4. The Morgan fingerprint density at radius 2 is 1.74 bits per heavy atom. The minimum absolute atomic E-state index is 0.115. The monoisotopic (exact) mass is 462 g/mol. The Bertz CT molecular complexity index is 985. The number of rotatable bonds is 6. The van der Waals surface area contributed by atoms with Gasteiger partial charge in [0.15, 0.2) is 0 Å². The minimum atomic E-state index is -0.485. The Labute approximate surface area is 204 Å². The lowest BCUT2D eigenvalue weighted by Crippen LogP contribution is -2.55. The SMILES string of the molecule is CN(C)CC(=O)N1CCC[C@](C)(C(=O)N2CCC(c3cccc(Cc4ccccc4)n3)CC2)C1. The largest absolute Gasteiger partial charge is 0.342 e. The van der Waals surface area contributed by atoms with Crippen molar-refractivity contribution in [1.82, 2.24) is 19.7 Å². The van der Waals surface area contributed by atoms with Crippen LogP contribution in [0.2, 0.25) is 0 Å². The van der Waals surface area contributed by atoms with Crippen LogP contribution in [0.1, 0.15) is 55.5 Å². The van der Waals surface area contributed by atoms with Gasteiger partial charge in [0.1, 0.15) is 0 Å². The predicted octanol–water partition coefficient (Wildman–Crippen LogP) is 3.57. The smallest absolute Gasteiger partial charge is 0.236 e. The molecule has 2 aromatic rings. The van der Waals surface area contributed by atoms with Gasteiger partial charge in [0, 0.05) is 49.9 Å². The van der Waals surface area contributed by atoms with Crippen molar-refractivity contribution >= 4 is 11.8 Å². The van der Waals surface area contributed by atoms with Crippen LogP contribution >= 0.6 is 0 Å². The van der Waals surface area contributed by atoms with Gasteiger partial charge in [0.2, 0.25) is 11.8 Å². The molecular formula is C28H38N4O2. The van der Waals surface area contributed by atoms with E-state index in [9.17, 15) is 9.59 Å². The van der Waals surface area contributed by atoms with Crippen LogP contribution in [0.15, 0.2) is 48.5 Å². The summed E-state index contributed by atoms with van der Waals surface area (Å²) in [4.78, 5) is 36.9. The van der Waals surface area contributed by atoms with Gasteiger partial charge in [0.25, 0.3) is 0 Å². The molecule has 182 valence electrons. The van der Waals surface area contributed by atoms with E-state index in [2.05, 4.69) is 42.5 Å². The quantitative estimate of drug-likeness (QED) is 0.659. The molecule has 2 fully saturated rings. The molecule has 2 aliphatic rings. The number of likely N-dealkylation sites (N-methyl/N-ethyl adjacent to an activating group) is 1. The Morgan fingerprint density at radius 3 is 2.44 bits per heavy atom. The van der Waals surface area contributed by atoms with Crippen LogP contribution in [0.3, 0.4) is 0 Å². The number of hydrogen-bond acceptors (Lipinski definition) is 4. The van der Waals surface area contributed by atoms with E-state index >= 15 is 0 Å². The van der Waals surface area contributed by atoms with Crippen LogP contribution in [-0.2, 0) is 16.0 Å². The normalized spacial score (nSPS) is 21.6. The summed E-state index contributed by atoms with van der Waals surface area (Å²) in [7, 11) is 3.81. The van der Waals surface area contributed by atoms with Crippen molar-refractivity contribution in [3.05, 3.63) is 65.5 Å². The molecule has 1 aromatic heterocycles. The summed E-state index contributed by atoms with van der Waals surface area (Å²) in [5.74, 6) is 0.708. The Kier molecular flexibility index (Phi) is 7.67. The van der Waals surface area contributed by atoms with Gasteiger partial charge < -0.3 is 14.7 Å². The van der Waals surface area contributed by atoms with E-state index in [1.807, 2.05) is 41.8 Å². The molecule has 0 N–H and O–H groups in total. The topological polar surface area (TPSA) is 56.8 Å². The van der Waals surface area contributed by atoms with Crippen molar-refractivity contribution in [1.29, 1.82) is 0 Å². The first-order valence-electron chi connectivity index (χ1n) is 12.6. The Hall–Kier alpha value is -2.73. The van der Waals surface area contributed by atoms with Crippen molar-refractivity contribution in [2.24, 2.45) is 5.41 Å². The molecule has 0 unspecified atom stereocenters. The lowest BCUT2D eigenvalue weighted by molar-refractivity contribution is -0.149. The summed E-state index contributed by atoms with van der Waals surface area (Å²) >= 11 is 0. The maximum Gasteiger partial charge on any atom is 0.236 e. The first-order chi connectivity index (χ1) is 16.3. The van der Waals surface area contributed by atoms with Crippen molar-refractivity contribution in [2.75, 3.05) is 46.8 Å². The molecule has 6 heteroatoms. The second kappa shape index (κ2) is 10.7. The number of amides is 2. The number of carbonyl (C=O) groups is 2. The molecule has 0 radical (unpaired) electrons. The lowest BCUT2D eigenvalue weighted by atomic mass is 9.79. The molecule has 34 heavy (non-hydrogen) atoms. The molecule has 0 saturated carbocycles. The Morgan fingerprint density at radius 1 is 1.00 bits per heavy atom. The fraction of sp³-hybridized carbons (Fsp3) is 0.536. The van der Waals surface area contributed by atoms with Gasteiger partial charge in [-0.15, -0.1) is 0 Å². The highest BCUT2D eigenvalue weighted by Crippen LogP contribution is 2.35. The standard InChI is InChI=1S/C28H38N4O2/c1-28(15-8-16-32(21-28)26(33)20-30(2)3)27(34)31-17-13-23(14-18-31)25-12-7-11-24(29-25)19-22-9-5-4-6-10-22/h4-7,9-12,23H,8,13-21H2,1-3H3/t28-/m0/s1. The van der Waals surface area contributed by atoms with E-state index < -0.39 is 5.41 Å². The van der Waals surface area contributed by atoms with Crippen LogP contribution in [0.5, 0.6) is 0 Å². The second-order valence-corrected chi connectivity index (χ2v) is 10.5. The summed E-state index contributed by atoms with van der Waals surface area (Å²) in [5, 5.41) is 0. The van der Waals surface area contributed by atoms with Crippen molar-refractivity contribution in [3.8, 4) is 0 Å². The third-order valence-corrected chi connectivity index (χ3v) is 7.27. The van der Waals surface area contributed by atoms with Crippen LogP contribution in [0.25, 0.3) is 0 Å². The summed E-state index contributed by atoms with van der Waals surface area (Å²) in [6, 6.07) is 16.8. The van der Waals surface area contributed by atoms with Crippen LogP contribution in [-0.4, -0.2) is 78.3 Å². The lowest BCUT2D eigenvalue weighted by Gasteiger charge is -2.43. The second-order valence-electron chi connectivity index (χ2n) is 10.5. The number of piperidine rings is 2. The Balaban J connectivity index is 1.35. The average Bonchev–Trinajstić information content (AvgIpc) is 2.84. The molecule has 0 aliphatic carbocycles. The first kappa shape index (κ1) is 24.4. The van der Waals surface area contributed by atoms with Gasteiger partial charge >= 0.3 is 0 Å². The molecule has 3 heterocycles. The molecular weight excluding hydrogens is 424 g/mol. The van der Waals surface area contributed by atoms with E-state index in [0.717, 1.165) is 63.1 Å². The van der Waals surface area contributed by atoms with Gasteiger partial charge in [-0.25, -0.2) is 0 Å². The van der Waals surface area contributed by atoms with Crippen LogP contribution < -0.4 is 0 Å². The van der Waals surface area contributed by atoms with E-state index in [1.54, 1.807) is 0 Å². The van der Waals surface area contributed by atoms with E-state index in [1.165, 1.54) is 5.56 Å². The van der Waals surface area contributed by atoms with Crippen molar-refractivity contribution in [3.63, 3.8) is 0 Å². The third-order valence-electron chi connectivity index (χ3n) is 7.27. The zero-order chi connectivity index (χ0) is 24.1. The number of aromatic nitrogens is 1. The highest BCUT2D eigenvalue weighted by molar-refractivity contribution is 5.85. The van der Waals surface area contributed by atoms with Crippen molar-refractivity contribution in [2.45, 2.75) is 44.9 Å². The molecule has 6 nitrogen and oxygen atoms in total.